The Labute approximate surface area is 199 Å². The van der Waals surface area contributed by atoms with Crippen LogP contribution in [0, 0.1) is 0 Å². The zero-order valence-electron chi connectivity index (χ0n) is 18.9. The van der Waals surface area contributed by atoms with Crippen LogP contribution in [0.5, 0.6) is 0 Å². The van der Waals surface area contributed by atoms with E-state index < -0.39 is 12.3 Å². The van der Waals surface area contributed by atoms with Crippen molar-refractivity contribution < 1.29 is 17.9 Å². The first-order chi connectivity index (χ1) is 17.1. The molecule has 2 saturated heterocycles. The minimum atomic E-state index is -2.83. The van der Waals surface area contributed by atoms with Gasteiger partial charge >= 0.3 is 12.1 Å². The van der Waals surface area contributed by atoms with Crippen LogP contribution in [-0.4, -0.2) is 61.6 Å². The molecule has 0 N–H and O–H groups in total. The molecule has 5 heterocycles. The van der Waals surface area contributed by atoms with Crippen LogP contribution in [0.15, 0.2) is 51.8 Å². The van der Waals surface area contributed by atoms with Gasteiger partial charge in [-0.2, -0.15) is 8.78 Å². The molecular formula is C24H24F2N6O3. The summed E-state index contributed by atoms with van der Waals surface area (Å²) in [6, 6.07) is 11.9. The van der Waals surface area contributed by atoms with Crippen LogP contribution in [0.2, 0.25) is 0 Å². The molecule has 35 heavy (non-hydrogen) atoms. The number of ether oxygens (including phenoxy) is 1. The Balaban J connectivity index is 1.25. The Morgan fingerprint density at radius 2 is 1.77 bits per heavy atom. The van der Waals surface area contributed by atoms with Crippen LogP contribution in [0.4, 0.5) is 8.78 Å². The summed E-state index contributed by atoms with van der Waals surface area (Å²) in [6.45, 7) is 3.80. The van der Waals surface area contributed by atoms with Gasteiger partial charge in [0.1, 0.15) is 0 Å². The lowest BCUT2D eigenvalue weighted by molar-refractivity contribution is -0.0731. The van der Waals surface area contributed by atoms with E-state index in [9.17, 15) is 13.6 Å². The van der Waals surface area contributed by atoms with Crippen molar-refractivity contribution in [2.45, 2.75) is 37.9 Å². The van der Waals surface area contributed by atoms with E-state index in [1.165, 1.54) is 6.20 Å². The predicted molar refractivity (Wildman–Crippen MR) is 122 cm³/mol. The quantitative estimate of drug-likeness (QED) is 0.417. The van der Waals surface area contributed by atoms with Crippen LogP contribution >= 0.6 is 0 Å². The van der Waals surface area contributed by atoms with Crippen molar-refractivity contribution in [2.75, 3.05) is 26.3 Å². The molecule has 4 aromatic rings. The molecule has 1 aromatic carbocycles. The fourth-order valence-electron chi connectivity index (χ4n) is 4.93. The first-order valence-electron chi connectivity index (χ1n) is 11.7. The zero-order valence-corrected chi connectivity index (χ0v) is 18.9. The normalized spacial score (nSPS) is 17.9. The van der Waals surface area contributed by atoms with Crippen molar-refractivity contribution in [1.82, 2.24) is 29.2 Å². The molecule has 2 aliphatic heterocycles. The Morgan fingerprint density at radius 1 is 1.00 bits per heavy atom. The fraction of sp³-hybridized carbons (Fsp3) is 0.417. The second kappa shape index (κ2) is 8.97. The Kier molecular flexibility index (Phi) is 5.65. The molecule has 6 rings (SSSR count). The summed E-state index contributed by atoms with van der Waals surface area (Å²) in [5.41, 5.74) is 2.82. The largest absolute Gasteiger partial charge is 0.415 e. The second-order valence-corrected chi connectivity index (χ2v) is 8.97. The van der Waals surface area contributed by atoms with Crippen LogP contribution in [0.25, 0.3) is 22.5 Å². The van der Waals surface area contributed by atoms with E-state index in [2.05, 4.69) is 20.1 Å². The highest BCUT2D eigenvalue weighted by atomic mass is 19.3. The van der Waals surface area contributed by atoms with Crippen LogP contribution in [-0.2, 0) is 11.3 Å². The van der Waals surface area contributed by atoms with Crippen LogP contribution in [0.1, 0.15) is 36.9 Å². The number of piperidine rings is 1. The zero-order chi connectivity index (χ0) is 23.9. The number of benzene rings is 1. The van der Waals surface area contributed by atoms with Gasteiger partial charge in [-0.25, -0.2) is 4.79 Å². The fourth-order valence-corrected chi connectivity index (χ4v) is 4.93. The Morgan fingerprint density at radius 3 is 2.40 bits per heavy atom. The van der Waals surface area contributed by atoms with Gasteiger partial charge in [-0.15, -0.1) is 10.2 Å². The van der Waals surface area contributed by atoms with Crippen LogP contribution in [0.3, 0.4) is 0 Å². The molecule has 0 unspecified atom stereocenters. The first kappa shape index (κ1) is 22.1. The number of pyridine rings is 1. The van der Waals surface area contributed by atoms with Crippen molar-refractivity contribution in [2.24, 2.45) is 0 Å². The molecule has 0 saturated carbocycles. The molecule has 0 aliphatic carbocycles. The average molecular weight is 482 g/mol. The number of hydrogen-bond acceptors (Lipinski definition) is 7. The summed E-state index contributed by atoms with van der Waals surface area (Å²) in [5.74, 6) is -0.747. The van der Waals surface area contributed by atoms with Gasteiger partial charge in [-0.05, 0) is 37.1 Å². The topological polar surface area (TPSA) is 91.2 Å². The summed E-state index contributed by atoms with van der Waals surface area (Å²) in [7, 11) is 0. The molecule has 2 fully saturated rings. The molecule has 11 heteroatoms. The summed E-state index contributed by atoms with van der Waals surface area (Å²) in [4.78, 5) is 20.5. The van der Waals surface area contributed by atoms with E-state index >= 15 is 0 Å². The highest BCUT2D eigenvalue weighted by molar-refractivity contribution is 5.76. The molecule has 0 bridgehead atoms. The minimum absolute atomic E-state index is 0.0204. The number of halogens is 2. The standard InChI is InChI=1S/C24H24F2N6O3/c25-21(26)23-29-28-22(35-23)15-5-6-16(27-11-15)12-31-19-3-1-2-4-20(19)32(24(31)33)17-7-9-30(10-8-17)18-13-34-14-18/h1-6,11,17-18,21H,7-10,12-14H2. The van der Waals surface area contributed by atoms with Crippen LogP contribution < -0.4 is 5.69 Å². The molecule has 0 atom stereocenters. The molecule has 3 aromatic heterocycles. The van der Waals surface area contributed by atoms with Gasteiger partial charge in [0.15, 0.2) is 0 Å². The van der Waals surface area contributed by atoms with E-state index in [-0.39, 0.29) is 24.2 Å². The van der Waals surface area contributed by atoms with Crippen molar-refractivity contribution in [3.8, 4) is 11.5 Å². The maximum Gasteiger partial charge on any atom is 0.329 e. The number of likely N-dealkylation sites (tertiary alicyclic amines) is 1. The van der Waals surface area contributed by atoms with Gasteiger partial charge in [0.2, 0.25) is 5.89 Å². The average Bonchev–Trinajstić information content (AvgIpc) is 3.43. The third kappa shape index (κ3) is 4.04. The van der Waals surface area contributed by atoms with Gasteiger partial charge < -0.3 is 9.15 Å². The number of nitrogens with zero attached hydrogens (tertiary/aromatic N) is 6. The van der Waals surface area contributed by atoms with E-state index in [0.29, 0.717) is 17.3 Å². The van der Waals surface area contributed by atoms with E-state index in [4.69, 9.17) is 9.15 Å². The summed E-state index contributed by atoms with van der Waals surface area (Å²) in [5, 5.41) is 7.00. The maximum absolute atomic E-state index is 13.6. The van der Waals surface area contributed by atoms with Crippen molar-refractivity contribution in [3.63, 3.8) is 0 Å². The molecule has 0 spiro atoms. The first-order valence-corrected chi connectivity index (χ1v) is 11.7. The van der Waals surface area contributed by atoms with Gasteiger partial charge in [-0.3, -0.25) is 19.0 Å². The lowest BCUT2D eigenvalue weighted by atomic mass is 10.0. The number of fused-ring (bicyclic) bond motifs is 1. The molecule has 2 aliphatic rings. The number of alkyl halides is 2. The van der Waals surface area contributed by atoms with E-state index in [1.807, 2.05) is 28.8 Å². The van der Waals surface area contributed by atoms with Gasteiger partial charge in [0, 0.05) is 25.3 Å². The number of para-hydroxylation sites is 2. The minimum Gasteiger partial charge on any atom is -0.415 e. The summed E-state index contributed by atoms with van der Waals surface area (Å²) < 4.78 is 39.4. The number of aromatic nitrogens is 5. The van der Waals surface area contributed by atoms with Gasteiger partial charge in [0.25, 0.3) is 5.89 Å². The molecule has 9 nitrogen and oxygen atoms in total. The third-order valence-corrected chi connectivity index (χ3v) is 6.89. The predicted octanol–water partition coefficient (Wildman–Crippen LogP) is 3.27. The second-order valence-electron chi connectivity index (χ2n) is 8.97. The molecular weight excluding hydrogens is 458 g/mol. The van der Waals surface area contributed by atoms with Crippen molar-refractivity contribution in [1.29, 1.82) is 0 Å². The highest BCUT2D eigenvalue weighted by Crippen LogP contribution is 2.28. The Hall–Kier alpha value is -3.44. The highest BCUT2D eigenvalue weighted by Gasteiger charge is 2.31. The monoisotopic (exact) mass is 482 g/mol. The molecule has 0 radical (unpaired) electrons. The van der Waals surface area contributed by atoms with Crippen molar-refractivity contribution in [3.05, 3.63) is 64.7 Å². The maximum atomic E-state index is 13.6. The van der Waals surface area contributed by atoms with Gasteiger partial charge in [0.05, 0.1) is 48.1 Å². The smallest absolute Gasteiger partial charge is 0.329 e. The van der Waals surface area contributed by atoms with E-state index in [0.717, 1.165) is 50.2 Å². The van der Waals surface area contributed by atoms with E-state index in [1.54, 1.807) is 16.7 Å². The van der Waals surface area contributed by atoms with Crippen molar-refractivity contribution >= 4 is 11.0 Å². The Bertz CT molecular complexity index is 1380. The number of rotatable bonds is 6. The SMILES string of the molecule is O=c1n(Cc2ccc(-c3nnc(C(F)F)o3)cn2)c2ccccc2n1C1CCN(C2COC2)CC1. The van der Waals surface area contributed by atoms with Gasteiger partial charge in [-0.1, -0.05) is 12.1 Å². The lowest BCUT2D eigenvalue weighted by Crippen LogP contribution is -2.52. The lowest BCUT2D eigenvalue weighted by Gasteiger charge is -2.41. The summed E-state index contributed by atoms with van der Waals surface area (Å²) in [6.07, 6.45) is 0.499. The number of imidazole rings is 1. The molecule has 0 amide bonds. The molecule has 182 valence electrons. The number of hydrogen-bond donors (Lipinski definition) is 0. The third-order valence-electron chi connectivity index (χ3n) is 6.89. The summed E-state index contributed by atoms with van der Waals surface area (Å²) >= 11 is 0.